The van der Waals surface area contributed by atoms with E-state index < -0.39 is 11.2 Å². The molecule has 0 aliphatic heterocycles. The van der Waals surface area contributed by atoms with Gasteiger partial charge in [0.15, 0.2) is 11.6 Å². The molecule has 3 N–H and O–H groups in total. The number of amides is 1. The Balaban J connectivity index is 3.00. The molecule has 0 heterocycles. The average Bonchev–Trinajstić information content (AvgIpc) is 2.40. The molecule has 0 fully saturated rings. The molecule has 20 heavy (non-hydrogen) atoms. The minimum absolute atomic E-state index is 0.120. The van der Waals surface area contributed by atoms with Crippen LogP contribution in [-0.4, -0.2) is 18.0 Å². The zero-order valence-electron chi connectivity index (χ0n) is 11.8. The number of nitrogens with two attached hydrogens (primary N) is 1. The first-order valence-corrected chi connectivity index (χ1v) is 6.77. The van der Waals surface area contributed by atoms with Crippen LogP contribution in [0.5, 0.6) is 5.75 Å². The number of anilines is 1. The average molecular weight is 298 g/mol. The van der Waals surface area contributed by atoms with E-state index >= 15 is 0 Å². The molecule has 0 aromatic heterocycles. The summed E-state index contributed by atoms with van der Waals surface area (Å²) >= 11 is 5.01. The maximum Gasteiger partial charge on any atom is 0.237 e. The van der Waals surface area contributed by atoms with Gasteiger partial charge in [0.2, 0.25) is 5.91 Å². The van der Waals surface area contributed by atoms with Crippen LogP contribution in [0.3, 0.4) is 0 Å². The van der Waals surface area contributed by atoms with Crippen molar-refractivity contribution in [1.29, 1.82) is 0 Å². The number of benzene rings is 1. The van der Waals surface area contributed by atoms with Crippen molar-refractivity contribution in [2.75, 3.05) is 12.4 Å². The van der Waals surface area contributed by atoms with Crippen LogP contribution in [0.4, 0.5) is 10.1 Å². The van der Waals surface area contributed by atoms with E-state index in [1.807, 2.05) is 13.8 Å². The minimum atomic E-state index is -0.911. The van der Waals surface area contributed by atoms with Crippen molar-refractivity contribution in [3.63, 3.8) is 0 Å². The quantitative estimate of drug-likeness (QED) is 0.793. The minimum Gasteiger partial charge on any atom is -0.494 e. The number of carbonyl (C=O) groups excluding carboxylic acids is 1. The Bertz CT molecular complexity index is 516. The maximum absolute atomic E-state index is 13.6. The summed E-state index contributed by atoms with van der Waals surface area (Å²) in [6.45, 7) is 3.69. The lowest BCUT2D eigenvalue weighted by Gasteiger charge is -2.28. The van der Waals surface area contributed by atoms with E-state index in [2.05, 4.69) is 5.32 Å². The van der Waals surface area contributed by atoms with Crippen molar-refractivity contribution in [2.24, 2.45) is 11.1 Å². The maximum atomic E-state index is 13.6. The summed E-state index contributed by atoms with van der Waals surface area (Å²) < 4.78 is 18.4. The van der Waals surface area contributed by atoms with Crippen LogP contribution >= 0.6 is 12.2 Å². The van der Waals surface area contributed by atoms with Crippen molar-refractivity contribution >= 4 is 28.8 Å². The Hall–Kier alpha value is -1.69. The predicted molar refractivity (Wildman–Crippen MR) is 81.4 cm³/mol. The lowest BCUT2D eigenvalue weighted by Crippen LogP contribution is -2.45. The van der Waals surface area contributed by atoms with Gasteiger partial charge in [-0.25, -0.2) is 4.39 Å². The molecule has 0 radical (unpaired) electrons. The molecule has 0 atom stereocenters. The fourth-order valence-electron chi connectivity index (χ4n) is 2.03. The zero-order valence-corrected chi connectivity index (χ0v) is 12.6. The topological polar surface area (TPSA) is 64.3 Å². The molecule has 1 rings (SSSR count). The van der Waals surface area contributed by atoms with Gasteiger partial charge >= 0.3 is 0 Å². The second-order valence-electron chi connectivity index (χ2n) is 4.46. The lowest BCUT2D eigenvalue weighted by molar-refractivity contribution is -0.122. The van der Waals surface area contributed by atoms with E-state index in [0.29, 0.717) is 18.5 Å². The second-order valence-corrected chi connectivity index (χ2v) is 4.90. The van der Waals surface area contributed by atoms with Gasteiger partial charge < -0.3 is 15.8 Å². The molecule has 0 aliphatic carbocycles. The summed E-state index contributed by atoms with van der Waals surface area (Å²) in [5.74, 6) is -0.742. The third-order valence-electron chi connectivity index (χ3n) is 3.52. The first-order chi connectivity index (χ1) is 9.41. The van der Waals surface area contributed by atoms with E-state index in [9.17, 15) is 9.18 Å². The molecular formula is C14H19FN2O2S. The van der Waals surface area contributed by atoms with E-state index in [-0.39, 0.29) is 16.6 Å². The molecule has 0 spiro atoms. The molecule has 1 amide bonds. The third-order valence-corrected chi connectivity index (χ3v) is 3.91. The number of nitrogens with one attached hydrogen (secondary N) is 1. The number of carbonyl (C=O) groups is 1. The van der Waals surface area contributed by atoms with Gasteiger partial charge in [-0.15, -0.1) is 0 Å². The van der Waals surface area contributed by atoms with Crippen molar-refractivity contribution in [1.82, 2.24) is 0 Å². The molecule has 1 aromatic carbocycles. The molecular weight excluding hydrogens is 279 g/mol. The third kappa shape index (κ3) is 3.07. The number of thiocarbonyl (C=S) groups is 1. The van der Waals surface area contributed by atoms with Crippen LogP contribution in [0.2, 0.25) is 0 Å². The summed E-state index contributed by atoms with van der Waals surface area (Å²) in [6, 6.07) is 4.22. The van der Waals surface area contributed by atoms with Crippen molar-refractivity contribution in [2.45, 2.75) is 26.7 Å². The van der Waals surface area contributed by atoms with Gasteiger partial charge in [0.05, 0.1) is 17.5 Å². The fraction of sp³-hybridized carbons (Fsp3) is 0.429. The van der Waals surface area contributed by atoms with Crippen LogP contribution in [0, 0.1) is 11.2 Å². The Morgan fingerprint density at radius 3 is 2.45 bits per heavy atom. The molecule has 6 heteroatoms. The van der Waals surface area contributed by atoms with Crippen molar-refractivity contribution in [3.8, 4) is 5.75 Å². The predicted octanol–water partition coefficient (Wildman–Crippen LogP) is 2.87. The number of hydrogen-bond acceptors (Lipinski definition) is 3. The summed E-state index contributed by atoms with van der Waals surface area (Å²) in [5.41, 5.74) is 5.13. The fourth-order valence-corrected chi connectivity index (χ4v) is 2.41. The number of ether oxygens (including phenoxy) is 1. The number of hydrogen-bond donors (Lipinski definition) is 2. The standard InChI is InChI=1S/C14H19FN2O2S/c1-4-14(5-2,12(16)20)13(18)17-9-6-7-11(19-3)10(15)8-9/h6-8H,4-5H2,1-3H3,(H2,16,20)(H,17,18). The van der Waals surface area contributed by atoms with Gasteiger partial charge in [0, 0.05) is 11.8 Å². The zero-order chi connectivity index (χ0) is 15.3. The van der Waals surface area contributed by atoms with E-state index in [0.717, 1.165) is 0 Å². The smallest absolute Gasteiger partial charge is 0.237 e. The summed E-state index contributed by atoms with van der Waals surface area (Å²) in [5, 5.41) is 2.66. The highest BCUT2D eigenvalue weighted by Crippen LogP contribution is 2.29. The van der Waals surface area contributed by atoms with Crippen molar-refractivity contribution < 1.29 is 13.9 Å². The molecule has 110 valence electrons. The number of halogens is 1. The molecule has 0 aliphatic rings. The van der Waals surface area contributed by atoms with E-state index in [1.165, 1.54) is 19.2 Å². The van der Waals surface area contributed by atoms with Gasteiger partial charge in [0.1, 0.15) is 0 Å². The normalized spacial score (nSPS) is 11.0. The summed E-state index contributed by atoms with van der Waals surface area (Å²) in [6.07, 6.45) is 0.979. The van der Waals surface area contributed by atoms with Crippen LogP contribution in [0.25, 0.3) is 0 Å². The first kappa shape index (κ1) is 16.4. The lowest BCUT2D eigenvalue weighted by atomic mass is 9.81. The van der Waals surface area contributed by atoms with E-state index in [4.69, 9.17) is 22.7 Å². The Kier molecular flexibility index (Phi) is 5.44. The number of methoxy groups -OCH3 is 1. The SMILES string of the molecule is CCC(CC)(C(=O)Nc1ccc(OC)c(F)c1)C(N)=S. The summed E-state index contributed by atoms with van der Waals surface area (Å²) in [7, 11) is 1.38. The molecule has 0 saturated carbocycles. The van der Waals surface area contributed by atoms with Crippen LogP contribution in [0.1, 0.15) is 26.7 Å². The molecule has 0 unspecified atom stereocenters. The Morgan fingerprint density at radius 1 is 1.45 bits per heavy atom. The largest absolute Gasteiger partial charge is 0.494 e. The van der Waals surface area contributed by atoms with Gasteiger partial charge in [-0.3, -0.25) is 4.79 Å². The highest BCUT2D eigenvalue weighted by molar-refractivity contribution is 7.80. The Morgan fingerprint density at radius 2 is 2.05 bits per heavy atom. The van der Waals surface area contributed by atoms with Crippen LogP contribution < -0.4 is 15.8 Å². The van der Waals surface area contributed by atoms with Gasteiger partial charge in [0.25, 0.3) is 0 Å². The van der Waals surface area contributed by atoms with Crippen LogP contribution in [-0.2, 0) is 4.79 Å². The number of rotatable bonds is 6. The van der Waals surface area contributed by atoms with E-state index in [1.54, 1.807) is 6.07 Å². The second kappa shape index (κ2) is 6.65. The highest BCUT2D eigenvalue weighted by atomic mass is 32.1. The monoisotopic (exact) mass is 298 g/mol. The van der Waals surface area contributed by atoms with Crippen molar-refractivity contribution in [3.05, 3.63) is 24.0 Å². The summed E-state index contributed by atoms with van der Waals surface area (Å²) in [4.78, 5) is 12.5. The van der Waals surface area contributed by atoms with Gasteiger partial charge in [-0.05, 0) is 25.0 Å². The molecule has 0 bridgehead atoms. The molecule has 4 nitrogen and oxygen atoms in total. The Labute approximate surface area is 123 Å². The van der Waals surface area contributed by atoms with Gasteiger partial charge in [-0.1, -0.05) is 26.1 Å². The highest BCUT2D eigenvalue weighted by Gasteiger charge is 2.38. The first-order valence-electron chi connectivity index (χ1n) is 6.36. The molecule has 1 aromatic rings. The molecule has 0 saturated heterocycles. The van der Waals surface area contributed by atoms with Crippen LogP contribution in [0.15, 0.2) is 18.2 Å². The van der Waals surface area contributed by atoms with Gasteiger partial charge in [-0.2, -0.15) is 0 Å².